The number of carbonyl (C=O) groups excluding carboxylic acids is 1. The first-order valence-corrected chi connectivity index (χ1v) is 7.54. The zero-order chi connectivity index (χ0) is 14.5. The molecule has 0 spiro atoms. The number of hydrogen-bond acceptors (Lipinski definition) is 4. The Balaban J connectivity index is 4.45. The van der Waals surface area contributed by atoms with Crippen molar-refractivity contribution in [3.8, 4) is 0 Å². The average molecular weight is 279 g/mol. The van der Waals surface area contributed by atoms with Gasteiger partial charge in [0.25, 0.3) is 0 Å². The molecule has 6 nitrogen and oxygen atoms in total. The predicted molar refractivity (Wildman–Crippen MR) is 67.9 cm³/mol. The topological polar surface area (TPSA) is 91.8 Å². The van der Waals surface area contributed by atoms with Gasteiger partial charge in [-0.25, -0.2) is 8.42 Å². The molecule has 106 valence electrons. The van der Waals surface area contributed by atoms with Gasteiger partial charge in [-0.3, -0.25) is 9.59 Å². The van der Waals surface area contributed by atoms with Crippen molar-refractivity contribution >= 4 is 21.7 Å². The first-order chi connectivity index (χ1) is 8.05. The maximum atomic E-state index is 11.7. The molecule has 0 saturated heterocycles. The molecule has 18 heavy (non-hydrogen) atoms. The van der Waals surface area contributed by atoms with Crippen LogP contribution in [0.1, 0.15) is 20.8 Å². The van der Waals surface area contributed by atoms with Crippen molar-refractivity contribution in [2.45, 2.75) is 20.8 Å². The van der Waals surface area contributed by atoms with Gasteiger partial charge in [0.15, 0.2) is 9.84 Å². The molecule has 1 unspecified atom stereocenters. The van der Waals surface area contributed by atoms with Crippen LogP contribution in [0.4, 0.5) is 0 Å². The number of nitrogens with zero attached hydrogens (tertiary/aromatic N) is 1. The Bertz CT molecular complexity index is 402. The van der Waals surface area contributed by atoms with E-state index >= 15 is 0 Å². The maximum absolute atomic E-state index is 11.7. The number of aliphatic carboxylic acids is 1. The molecular weight excluding hydrogens is 258 g/mol. The van der Waals surface area contributed by atoms with Crippen LogP contribution < -0.4 is 0 Å². The van der Waals surface area contributed by atoms with Crippen LogP contribution in [0, 0.1) is 11.8 Å². The summed E-state index contributed by atoms with van der Waals surface area (Å²) in [6.45, 7) is 5.00. The Kier molecular flexibility index (Phi) is 6.31. The van der Waals surface area contributed by atoms with Crippen LogP contribution in [-0.2, 0) is 19.4 Å². The fourth-order valence-corrected chi connectivity index (χ4v) is 3.19. The monoisotopic (exact) mass is 279 g/mol. The van der Waals surface area contributed by atoms with Crippen LogP contribution in [0.15, 0.2) is 0 Å². The molecular formula is C11H21NO5S. The third kappa shape index (κ3) is 6.58. The number of carbonyl (C=O) groups is 2. The first kappa shape index (κ1) is 16.9. The fraction of sp³-hybridized carbons (Fsp3) is 0.818. The highest BCUT2D eigenvalue weighted by Crippen LogP contribution is 2.04. The second-order valence-electron chi connectivity index (χ2n) is 4.96. The molecule has 7 heteroatoms. The number of sulfone groups is 1. The molecule has 0 aliphatic rings. The molecule has 0 aromatic rings. The number of hydrogen-bond donors (Lipinski definition) is 1. The van der Waals surface area contributed by atoms with Crippen molar-refractivity contribution in [1.82, 2.24) is 4.90 Å². The van der Waals surface area contributed by atoms with E-state index in [0.717, 1.165) is 4.90 Å². The molecule has 0 fully saturated rings. The largest absolute Gasteiger partial charge is 0.481 e. The van der Waals surface area contributed by atoms with Gasteiger partial charge in [-0.2, -0.15) is 0 Å². The second-order valence-corrected chi connectivity index (χ2v) is 7.07. The minimum absolute atomic E-state index is 0.00532. The lowest BCUT2D eigenvalue weighted by molar-refractivity contribution is -0.142. The lowest BCUT2D eigenvalue weighted by Gasteiger charge is -2.19. The van der Waals surface area contributed by atoms with E-state index in [-0.39, 0.29) is 18.2 Å². The normalized spacial score (nSPS) is 13.4. The summed E-state index contributed by atoms with van der Waals surface area (Å²) >= 11 is 0. The first-order valence-electron chi connectivity index (χ1n) is 5.72. The number of amides is 1. The SMILES string of the molecule is CC(C)CS(=O)(=O)CC(=O)N(C)CC(C)C(=O)O. The minimum atomic E-state index is -3.42. The summed E-state index contributed by atoms with van der Waals surface area (Å²) in [5.41, 5.74) is 0. The summed E-state index contributed by atoms with van der Waals surface area (Å²) in [6.07, 6.45) is 0. The minimum Gasteiger partial charge on any atom is -0.481 e. The summed E-state index contributed by atoms with van der Waals surface area (Å²) in [5.74, 6) is -2.93. The zero-order valence-electron chi connectivity index (χ0n) is 11.2. The third-order valence-electron chi connectivity index (χ3n) is 2.33. The molecule has 0 heterocycles. The van der Waals surface area contributed by atoms with Crippen LogP contribution in [0.5, 0.6) is 0 Å². The summed E-state index contributed by atoms with van der Waals surface area (Å²) in [4.78, 5) is 23.4. The van der Waals surface area contributed by atoms with Crippen LogP contribution >= 0.6 is 0 Å². The second kappa shape index (κ2) is 6.72. The van der Waals surface area contributed by atoms with Gasteiger partial charge in [0.05, 0.1) is 11.7 Å². The Morgan fingerprint density at radius 1 is 1.22 bits per heavy atom. The molecule has 1 atom stereocenters. The summed E-state index contributed by atoms with van der Waals surface area (Å²) < 4.78 is 23.2. The van der Waals surface area contributed by atoms with Crippen molar-refractivity contribution in [1.29, 1.82) is 0 Å². The van der Waals surface area contributed by atoms with Gasteiger partial charge in [0.1, 0.15) is 5.75 Å². The van der Waals surface area contributed by atoms with Crippen molar-refractivity contribution in [2.75, 3.05) is 25.1 Å². The van der Waals surface area contributed by atoms with Crippen LogP contribution in [0.2, 0.25) is 0 Å². The molecule has 0 radical (unpaired) electrons. The van der Waals surface area contributed by atoms with E-state index in [2.05, 4.69) is 0 Å². The molecule has 0 aromatic heterocycles. The van der Waals surface area contributed by atoms with Crippen molar-refractivity contribution in [3.63, 3.8) is 0 Å². The molecule has 0 aromatic carbocycles. The van der Waals surface area contributed by atoms with Gasteiger partial charge in [-0.1, -0.05) is 20.8 Å². The predicted octanol–water partition coefficient (Wildman–Crippen LogP) is 0.236. The Morgan fingerprint density at radius 2 is 1.72 bits per heavy atom. The van der Waals surface area contributed by atoms with Gasteiger partial charge in [-0.05, 0) is 5.92 Å². The number of carboxylic acid groups (broad SMARTS) is 1. The van der Waals surface area contributed by atoms with E-state index in [1.54, 1.807) is 13.8 Å². The van der Waals surface area contributed by atoms with Crippen LogP contribution in [0.25, 0.3) is 0 Å². The van der Waals surface area contributed by atoms with E-state index < -0.39 is 33.4 Å². The standard InChI is InChI=1S/C11H21NO5S/c1-8(2)6-18(16,17)7-10(13)12(4)5-9(3)11(14)15/h8-9H,5-7H2,1-4H3,(H,14,15). The van der Waals surface area contributed by atoms with Gasteiger partial charge in [-0.15, -0.1) is 0 Å². The van der Waals surface area contributed by atoms with Crippen molar-refractivity contribution < 1.29 is 23.1 Å². The molecule has 0 saturated carbocycles. The third-order valence-corrected chi connectivity index (χ3v) is 4.19. The molecule has 0 rings (SSSR count). The van der Waals surface area contributed by atoms with E-state index in [1.807, 2.05) is 0 Å². The average Bonchev–Trinajstić information content (AvgIpc) is 2.13. The maximum Gasteiger partial charge on any atom is 0.308 e. The highest BCUT2D eigenvalue weighted by atomic mass is 32.2. The van der Waals surface area contributed by atoms with Gasteiger partial charge < -0.3 is 10.0 Å². The number of rotatable bonds is 7. The summed E-state index contributed by atoms with van der Waals surface area (Å²) in [7, 11) is -2.01. The van der Waals surface area contributed by atoms with E-state index in [1.165, 1.54) is 14.0 Å². The lowest BCUT2D eigenvalue weighted by Crippen LogP contribution is -2.38. The molecule has 0 aliphatic heterocycles. The highest BCUT2D eigenvalue weighted by molar-refractivity contribution is 7.92. The van der Waals surface area contributed by atoms with Gasteiger partial charge in [0.2, 0.25) is 5.91 Å². The highest BCUT2D eigenvalue weighted by Gasteiger charge is 2.23. The lowest BCUT2D eigenvalue weighted by atomic mass is 10.2. The molecule has 1 amide bonds. The van der Waals surface area contributed by atoms with E-state index in [9.17, 15) is 18.0 Å². The van der Waals surface area contributed by atoms with Crippen LogP contribution in [0.3, 0.4) is 0 Å². The number of carboxylic acids is 1. The van der Waals surface area contributed by atoms with E-state index in [0.29, 0.717) is 0 Å². The smallest absolute Gasteiger partial charge is 0.308 e. The van der Waals surface area contributed by atoms with E-state index in [4.69, 9.17) is 5.11 Å². The molecule has 0 aliphatic carbocycles. The summed E-state index contributed by atoms with van der Waals surface area (Å²) in [5, 5.41) is 8.71. The van der Waals surface area contributed by atoms with Crippen LogP contribution in [-0.4, -0.2) is 55.4 Å². The van der Waals surface area contributed by atoms with Crippen molar-refractivity contribution in [2.24, 2.45) is 11.8 Å². The quantitative estimate of drug-likeness (QED) is 0.720. The Labute approximate surface area is 108 Å². The Morgan fingerprint density at radius 3 is 2.11 bits per heavy atom. The zero-order valence-corrected chi connectivity index (χ0v) is 12.0. The molecule has 1 N–H and O–H groups in total. The Hall–Kier alpha value is -1.11. The fourth-order valence-electron chi connectivity index (χ4n) is 1.46. The van der Waals surface area contributed by atoms with Crippen molar-refractivity contribution in [3.05, 3.63) is 0 Å². The molecule has 0 bridgehead atoms. The van der Waals surface area contributed by atoms with Gasteiger partial charge in [0, 0.05) is 13.6 Å². The van der Waals surface area contributed by atoms with Gasteiger partial charge >= 0.3 is 5.97 Å². The summed E-state index contributed by atoms with van der Waals surface area (Å²) in [6, 6.07) is 0.